The molecule has 0 unspecified atom stereocenters. The summed E-state index contributed by atoms with van der Waals surface area (Å²) in [6, 6.07) is 0. The third-order valence-electron chi connectivity index (χ3n) is 0.536. The van der Waals surface area contributed by atoms with Crippen molar-refractivity contribution in [1.82, 2.24) is 0 Å². The Morgan fingerprint density at radius 2 is 1.88 bits per heavy atom. The van der Waals surface area contributed by atoms with Crippen LogP contribution < -0.4 is 0 Å². The lowest BCUT2D eigenvalue weighted by Crippen LogP contribution is -2.01. The molecule has 0 aliphatic heterocycles. The summed E-state index contributed by atoms with van der Waals surface area (Å²) in [6.07, 6.45) is 0. The molecule has 0 fully saturated rings. The molecule has 0 heterocycles. The minimum atomic E-state index is -0.215. The largest absolute Gasteiger partial charge is 0.411 e. The molecule has 0 aromatic carbocycles. The van der Waals surface area contributed by atoms with Crippen LogP contribution in [0.4, 0.5) is 0 Å². The Kier molecular flexibility index (Phi) is 2.95. The van der Waals surface area contributed by atoms with E-state index in [9.17, 15) is 0 Å². The van der Waals surface area contributed by atoms with Gasteiger partial charge in [-0.2, -0.15) is 0 Å². The van der Waals surface area contributed by atoms with Gasteiger partial charge in [0.25, 0.3) is 0 Å². The molecule has 0 aliphatic rings. The Morgan fingerprint density at radius 1 is 1.38 bits per heavy atom. The second-order valence-corrected chi connectivity index (χ2v) is 1.43. The zero-order chi connectivity index (χ0) is 6.57. The Bertz CT molecular complexity index is 115. The van der Waals surface area contributed by atoms with Gasteiger partial charge in [-0.25, -0.2) is 0 Å². The van der Waals surface area contributed by atoms with Crippen LogP contribution in [0.15, 0.2) is 10.3 Å². The quantitative estimate of drug-likeness (QED) is 0.319. The standard InChI is InChI=1S/C3H5ClN2O2/c1-2(5-7)3(4)6-8/h7-8H,1H3/b5-2-,6-3+. The van der Waals surface area contributed by atoms with E-state index in [2.05, 4.69) is 10.3 Å². The van der Waals surface area contributed by atoms with E-state index in [1.54, 1.807) is 0 Å². The normalized spacial score (nSPS) is 14.2. The van der Waals surface area contributed by atoms with Gasteiger partial charge in [0, 0.05) is 0 Å². The molecule has 0 atom stereocenters. The SMILES string of the molecule is CC(=N/O)/C(Cl)=N\O. The summed E-state index contributed by atoms with van der Waals surface area (Å²) in [4.78, 5) is 0. The van der Waals surface area contributed by atoms with Crippen LogP contribution >= 0.6 is 11.6 Å². The van der Waals surface area contributed by atoms with Gasteiger partial charge in [0.05, 0.1) is 0 Å². The van der Waals surface area contributed by atoms with Crippen LogP contribution in [0, 0.1) is 0 Å². The van der Waals surface area contributed by atoms with Crippen LogP contribution in [0.25, 0.3) is 0 Å². The van der Waals surface area contributed by atoms with Crippen molar-refractivity contribution in [3.05, 3.63) is 0 Å². The molecule has 0 rings (SSSR count). The van der Waals surface area contributed by atoms with Crippen LogP contribution in [-0.2, 0) is 0 Å². The summed E-state index contributed by atoms with van der Waals surface area (Å²) in [5, 5.41) is 20.8. The van der Waals surface area contributed by atoms with E-state index in [1.807, 2.05) is 0 Å². The average Bonchev–Trinajstić information content (AvgIpc) is 1.84. The first-order valence-electron chi connectivity index (χ1n) is 1.79. The monoisotopic (exact) mass is 136 g/mol. The highest BCUT2D eigenvalue weighted by atomic mass is 35.5. The number of nitrogens with zero attached hydrogens (tertiary/aromatic N) is 2. The molecule has 0 aromatic heterocycles. The summed E-state index contributed by atoms with van der Waals surface area (Å²) < 4.78 is 0. The molecule has 0 spiro atoms. The summed E-state index contributed by atoms with van der Waals surface area (Å²) >= 11 is 5.13. The van der Waals surface area contributed by atoms with Crippen molar-refractivity contribution < 1.29 is 10.4 Å². The number of hydrogen-bond donors (Lipinski definition) is 2. The van der Waals surface area contributed by atoms with Gasteiger partial charge in [-0.3, -0.25) is 0 Å². The summed E-state index contributed by atoms with van der Waals surface area (Å²) in [5.74, 6) is 0. The zero-order valence-corrected chi connectivity index (χ0v) is 4.92. The lowest BCUT2D eigenvalue weighted by Gasteiger charge is -1.86. The highest BCUT2D eigenvalue weighted by Gasteiger charge is 1.97. The van der Waals surface area contributed by atoms with Gasteiger partial charge in [0.1, 0.15) is 5.71 Å². The van der Waals surface area contributed by atoms with Crippen molar-refractivity contribution >= 4 is 22.5 Å². The third-order valence-corrected chi connectivity index (χ3v) is 0.885. The zero-order valence-electron chi connectivity index (χ0n) is 4.17. The van der Waals surface area contributed by atoms with E-state index < -0.39 is 0 Å². The Balaban J connectivity index is 4.04. The number of hydrogen-bond acceptors (Lipinski definition) is 4. The van der Waals surface area contributed by atoms with Crippen molar-refractivity contribution in [2.45, 2.75) is 6.92 Å². The molecule has 0 amide bonds. The Labute approximate surface area is 51.1 Å². The van der Waals surface area contributed by atoms with Gasteiger partial charge in [0.2, 0.25) is 0 Å². The predicted octanol–water partition coefficient (Wildman–Crippen LogP) is 0.863. The average molecular weight is 137 g/mol. The van der Waals surface area contributed by atoms with Crippen molar-refractivity contribution in [3.63, 3.8) is 0 Å². The van der Waals surface area contributed by atoms with Gasteiger partial charge >= 0.3 is 0 Å². The van der Waals surface area contributed by atoms with E-state index in [1.165, 1.54) is 6.92 Å². The summed E-state index contributed by atoms with van der Waals surface area (Å²) in [7, 11) is 0. The molecule has 2 N–H and O–H groups in total. The Morgan fingerprint density at radius 3 is 2.00 bits per heavy atom. The molecular weight excluding hydrogens is 131 g/mol. The molecular formula is C3H5ClN2O2. The van der Waals surface area contributed by atoms with Gasteiger partial charge in [0.15, 0.2) is 5.17 Å². The molecule has 0 radical (unpaired) electrons. The van der Waals surface area contributed by atoms with Crippen molar-refractivity contribution in [2.24, 2.45) is 10.3 Å². The predicted molar refractivity (Wildman–Crippen MR) is 30.0 cm³/mol. The molecule has 0 aliphatic carbocycles. The lowest BCUT2D eigenvalue weighted by atomic mass is 10.5. The molecule has 0 aromatic rings. The first-order chi connectivity index (χ1) is 3.72. The van der Waals surface area contributed by atoms with Crippen molar-refractivity contribution in [3.8, 4) is 0 Å². The number of oxime groups is 2. The molecule has 0 saturated carbocycles. The van der Waals surface area contributed by atoms with Crippen LogP contribution in [0.5, 0.6) is 0 Å². The van der Waals surface area contributed by atoms with Crippen LogP contribution in [0.3, 0.4) is 0 Å². The van der Waals surface area contributed by atoms with Gasteiger partial charge in [-0.05, 0) is 6.92 Å². The lowest BCUT2D eigenvalue weighted by molar-refractivity contribution is 0.315. The van der Waals surface area contributed by atoms with Crippen LogP contribution in [-0.4, -0.2) is 21.3 Å². The van der Waals surface area contributed by atoms with E-state index in [0.29, 0.717) is 0 Å². The van der Waals surface area contributed by atoms with Crippen molar-refractivity contribution in [1.29, 1.82) is 0 Å². The third kappa shape index (κ3) is 1.79. The first-order valence-corrected chi connectivity index (χ1v) is 2.16. The molecule has 4 nitrogen and oxygen atoms in total. The van der Waals surface area contributed by atoms with Gasteiger partial charge in [-0.1, -0.05) is 21.9 Å². The second-order valence-electron chi connectivity index (χ2n) is 1.08. The Hall–Kier alpha value is -0.770. The van der Waals surface area contributed by atoms with E-state index >= 15 is 0 Å². The minimum absolute atomic E-state index is 0.0779. The van der Waals surface area contributed by atoms with Crippen LogP contribution in [0.1, 0.15) is 6.92 Å². The molecule has 5 heteroatoms. The molecule has 46 valence electrons. The van der Waals surface area contributed by atoms with E-state index in [4.69, 9.17) is 22.0 Å². The second kappa shape index (κ2) is 3.26. The number of rotatable bonds is 1. The minimum Gasteiger partial charge on any atom is -0.411 e. The fourth-order valence-corrected chi connectivity index (χ4v) is 0.151. The number of halogens is 1. The maximum Gasteiger partial charge on any atom is 0.192 e. The highest BCUT2D eigenvalue weighted by Crippen LogP contribution is 1.86. The maximum absolute atomic E-state index is 7.95. The molecule has 0 bridgehead atoms. The fourth-order valence-electron chi connectivity index (χ4n) is 0.114. The highest BCUT2D eigenvalue weighted by molar-refractivity contribution is 6.83. The van der Waals surface area contributed by atoms with Crippen molar-refractivity contribution in [2.75, 3.05) is 0 Å². The summed E-state index contributed by atoms with van der Waals surface area (Å²) in [5.41, 5.74) is 0.0779. The van der Waals surface area contributed by atoms with E-state index in [0.717, 1.165) is 0 Å². The van der Waals surface area contributed by atoms with Crippen LogP contribution in [0.2, 0.25) is 0 Å². The maximum atomic E-state index is 7.95. The van der Waals surface area contributed by atoms with Gasteiger partial charge in [-0.15, -0.1) is 0 Å². The fraction of sp³-hybridized carbons (Fsp3) is 0.333. The first kappa shape index (κ1) is 7.23. The van der Waals surface area contributed by atoms with Gasteiger partial charge < -0.3 is 10.4 Å². The molecule has 8 heavy (non-hydrogen) atoms. The smallest absolute Gasteiger partial charge is 0.192 e. The van der Waals surface area contributed by atoms with E-state index in [-0.39, 0.29) is 10.9 Å². The topological polar surface area (TPSA) is 65.2 Å². The molecule has 0 saturated heterocycles. The summed E-state index contributed by atoms with van der Waals surface area (Å²) in [6.45, 7) is 1.40.